The van der Waals surface area contributed by atoms with Crippen molar-refractivity contribution in [2.45, 2.75) is 128 Å². The molecule has 1 N–H and O–H groups in total. The molecule has 1 fully saturated rings. The molecule has 3 heterocycles. The number of fused-ring (bicyclic) bond motifs is 2. The number of thiophene rings is 1. The third-order valence-electron chi connectivity index (χ3n) is 6.97. The number of pyridine rings is 1. The molecule has 290 valence electrons. The summed E-state index contributed by atoms with van der Waals surface area (Å²) < 4.78 is 37.8. The molecule has 3 aromatic heterocycles. The normalized spacial score (nSPS) is 12.1. The van der Waals surface area contributed by atoms with E-state index in [1.807, 2.05) is 81.6 Å². The predicted molar refractivity (Wildman–Crippen MR) is 223 cm³/mol. The number of carbonyl (C=O) groups is 1. The van der Waals surface area contributed by atoms with Crippen molar-refractivity contribution in [1.29, 1.82) is 0 Å². The van der Waals surface area contributed by atoms with E-state index in [4.69, 9.17) is 14.5 Å². The van der Waals surface area contributed by atoms with Crippen molar-refractivity contribution in [3.8, 4) is 16.5 Å². The highest BCUT2D eigenvalue weighted by Gasteiger charge is 2.21. The van der Waals surface area contributed by atoms with Crippen molar-refractivity contribution in [2.75, 3.05) is 0 Å². The molecule has 11 heteroatoms. The predicted octanol–water partition coefficient (Wildman–Crippen LogP) is 11.4. The maximum absolute atomic E-state index is 12.1. The van der Waals surface area contributed by atoms with E-state index in [1.165, 1.54) is 12.8 Å². The molecular weight excluding hydrogens is 693 g/mol. The zero-order valence-corrected chi connectivity index (χ0v) is 29.5. The van der Waals surface area contributed by atoms with Gasteiger partial charge in [0.05, 0.1) is 33.4 Å². The molecule has 1 saturated carbocycles. The quantitative estimate of drug-likeness (QED) is 0.155. The van der Waals surface area contributed by atoms with Crippen LogP contribution in [0.3, 0.4) is 0 Å². The average Bonchev–Trinajstić information content (AvgIpc) is 3.75. The van der Waals surface area contributed by atoms with Crippen LogP contribution < -0.4 is 9.46 Å². The molecule has 1 aliphatic carbocycles. The fraction of sp³-hybridized carbons (Fsp3) is 0.463. The maximum atomic E-state index is 12.1. The topological polar surface area (TPSA) is 120 Å². The van der Waals surface area contributed by atoms with Crippen LogP contribution in [0, 0.1) is 5.92 Å². The standard InChI is InChI=1S/C15H14N2OS.C12H14N2O2S.C9H16O2.5CH4/c1-10(2)18-15-14(13-8-5-9-19-13)16-11-6-3-4-7-12(11)17-15;1-9(2)14-17(15,16)11-7-3-5-10-6-4-8-13-12(10)11;1-7(2)9(10)11-8-5-3-4-6-8;;;;;/h3-10H,1-2H3;3-9,14H,1-2H3;7-8H,3-6H2,1-2H3;5*1H4. The Kier molecular flexibility index (Phi) is 22.8. The number of nitrogens with one attached hydrogen (secondary N) is 1. The Morgan fingerprint density at radius 3 is 1.98 bits per heavy atom. The lowest BCUT2D eigenvalue weighted by molar-refractivity contribution is -0.152. The lowest BCUT2D eigenvalue weighted by Crippen LogP contribution is -2.30. The summed E-state index contributed by atoms with van der Waals surface area (Å²) in [6.07, 6.45) is 6.47. The lowest BCUT2D eigenvalue weighted by Gasteiger charge is -2.12. The SMILES string of the molecule is C.C.C.C.C.CC(C)C(=O)OC1CCCC1.CC(C)NS(=O)(=O)c1cccc2cccnc12.CC(C)Oc1nc2ccccc2nc1-c1cccs1. The second-order valence-corrected chi connectivity index (χ2v) is 14.7. The van der Waals surface area contributed by atoms with Gasteiger partial charge in [-0.2, -0.15) is 0 Å². The summed E-state index contributed by atoms with van der Waals surface area (Å²) in [6, 6.07) is 20.5. The molecule has 0 bridgehead atoms. The number of para-hydroxylation sites is 3. The molecule has 52 heavy (non-hydrogen) atoms. The Bertz CT molecular complexity index is 1850. The van der Waals surface area contributed by atoms with Gasteiger partial charge in [-0.3, -0.25) is 9.78 Å². The maximum Gasteiger partial charge on any atom is 0.308 e. The highest BCUT2D eigenvalue weighted by molar-refractivity contribution is 7.89. The Balaban J connectivity index is 0. The molecule has 6 rings (SSSR count). The summed E-state index contributed by atoms with van der Waals surface area (Å²) in [7, 11) is -3.50. The fourth-order valence-electron chi connectivity index (χ4n) is 4.84. The molecular formula is C41H64N4O5S2. The van der Waals surface area contributed by atoms with E-state index in [2.05, 4.69) is 14.7 Å². The molecule has 9 nitrogen and oxygen atoms in total. The molecule has 0 atom stereocenters. The number of rotatable bonds is 8. The van der Waals surface area contributed by atoms with Gasteiger partial charge in [0.1, 0.15) is 16.7 Å². The van der Waals surface area contributed by atoms with Gasteiger partial charge in [0, 0.05) is 17.6 Å². The van der Waals surface area contributed by atoms with Crippen molar-refractivity contribution in [1.82, 2.24) is 19.7 Å². The Labute approximate surface area is 318 Å². The third-order valence-corrected chi connectivity index (χ3v) is 9.54. The number of esters is 1. The summed E-state index contributed by atoms with van der Waals surface area (Å²) in [6.45, 7) is 11.3. The Morgan fingerprint density at radius 2 is 1.42 bits per heavy atom. The number of carbonyl (C=O) groups excluding carboxylic acids is 1. The lowest BCUT2D eigenvalue weighted by atomic mass is 10.2. The number of aromatic nitrogens is 3. The molecule has 0 unspecified atom stereocenters. The molecule has 0 aliphatic heterocycles. The van der Waals surface area contributed by atoms with Crippen LogP contribution in [0.25, 0.3) is 32.5 Å². The highest BCUT2D eigenvalue weighted by Crippen LogP contribution is 2.32. The van der Waals surface area contributed by atoms with Crippen LogP contribution in [0.15, 0.2) is 83.2 Å². The number of hydrogen-bond acceptors (Lipinski definition) is 9. The van der Waals surface area contributed by atoms with Gasteiger partial charge in [-0.1, -0.05) is 87.4 Å². The van der Waals surface area contributed by atoms with Gasteiger partial charge in [-0.05, 0) is 89.1 Å². The largest absolute Gasteiger partial charge is 0.473 e. The summed E-state index contributed by atoms with van der Waals surface area (Å²) in [5.41, 5.74) is 3.08. The molecule has 5 aromatic rings. The molecule has 0 radical (unpaired) electrons. The van der Waals surface area contributed by atoms with E-state index in [0.717, 1.165) is 39.8 Å². The molecule has 0 spiro atoms. The monoisotopic (exact) mass is 756 g/mol. The molecule has 2 aromatic carbocycles. The molecule has 0 amide bonds. The number of sulfonamides is 1. The minimum Gasteiger partial charge on any atom is -0.473 e. The van der Waals surface area contributed by atoms with Crippen molar-refractivity contribution in [2.24, 2.45) is 5.92 Å². The van der Waals surface area contributed by atoms with E-state index in [9.17, 15) is 13.2 Å². The third kappa shape index (κ3) is 14.2. The summed E-state index contributed by atoms with van der Waals surface area (Å²) >= 11 is 1.64. The number of ether oxygens (including phenoxy) is 2. The number of hydrogen-bond donors (Lipinski definition) is 1. The van der Waals surface area contributed by atoms with Gasteiger partial charge in [0.25, 0.3) is 0 Å². The summed E-state index contributed by atoms with van der Waals surface area (Å²) in [5, 5.41) is 2.85. The first-order valence-corrected chi connectivity index (χ1v) is 18.3. The van der Waals surface area contributed by atoms with Crippen LogP contribution >= 0.6 is 11.3 Å². The van der Waals surface area contributed by atoms with Crippen LogP contribution in [-0.2, 0) is 19.6 Å². The van der Waals surface area contributed by atoms with Gasteiger partial charge in [-0.25, -0.2) is 23.1 Å². The zero-order valence-electron chi connectivity index (χ0n) is 27.8. The zero-order chi connectivity index (χ0) is 34.0. The fourth-order valence-corrected chi connectivity index (χ4v) is 6.97. The first kappa shape index (κ1) is 50.2. The average molecular weight is 757 g/mol. The number of benzene rings is 2. The summed E-state index contributed by atoms with van der Waals surface area (Å²) in [5.74, 6) is 0.587. The van der Waals surface area contributed by atoms with E-state index < -0.39 is 10.0 Å². The van der Waals surface area contributed by atoms with Crippen LogP contribution in [0.5, 0.6) is 5.88 Å². The van der Waals surface area contributed by atoms with Gasteiger partial charge >= 0.3 is 5.97 Å². The summed E-state index contributed by atoms with van der Waals surface area (Å²) in [4.78, 5) is 25.8. The van der Waals surface area contributed by atoms with Crippen molar-refractivity contribution in [3.63, 3.8) is 0 Å². The minimum atomic E-state index is -3.50. The van der Waals surface area contributed by atoms with E-state index >= 15 is 0 Å². The Morgan fingerprint density at radius 1 is 0.808 bits per heavy atom. The van der Waals surface area contributed by atoms with E-state index in [1.54, 1.807) is 49.6 Å². The minimum absolute atomic E-state index is 0. The second kappa shape index (κ2) is 23.6. The van der Waals surface area contributed by atoms with Crippen LogP contribution in [0.4, 0.5) is 0 Å². The van der Waals surface area contributed by atoms with Crippen LogP contribution in [0.1, 0.15) is 104 Å². The molecule has 1 aliphatic rings. The Hall–Kier alpha value is -3.93. The van der Waals surface area contributed by atoms with Gasteiger partial charge in [0.15, 0.2) is 0 Å². The van der Waals surface area contributed by atoms with E-state index in [-0.39, 0.29) is 72.2 Å². The van der Waals surface area contributed by atoms with Crippen molar-refractivity contribution < 1.29 is 22.7 Å². The van der Waals surface area contributed by atoms with Crippen LogP contribution in [0.2, 0.25) is 0 Å². The number of nitrogens with zero attached hydrogens (tertiary/aromatic N) is 3. The second-order valence-electron chi connectivity index (χ2n) is 12.1. The smallest absolute Gasteiger partial charge is 0.308 e. The first-order chi connectivity index (χ1) is 22.4. The first-order valence-electron chi connectivity index (χ1n) is 16.0. The highest BCUT2D eigenvalue weighted by atomic mass is 32.2. The van der Waals surface area contributed by atoms with E-state index in [0.29, 0.717) is 11.4 Å². The molecule has 0 saturated heterocycles. The van der Waals surface area contributed by atoms with Crippen LogP contribution in [-0.4, -0.2) is 47.6 Å². The van der Waals surface area contributed by atoms with Crippen molar-refractivity contribution in [3.05, 3.63) is 78.3 Å². The van der Waals surface area contributed by atoms with Gasteiger partial charge in [-0.15, -0.1) is 11.3 Å². The van der Waals surface area contributed by atoms with Gasteiger partial charge in [0.2, 0.25) is 15.9 Å². The van der Waals surface area contributed by atoms with Gasteiger partial charge < -0.3 is 9.47 Å². The van der Waals surface area contributed by atoms with Crippen molar-refractivity contribution >= 4 is 49.3 Å².